The molecule has 3 aliphatic carbocycles. The average Bonchev–Trinajstić information content (AvgIpc) is 3.20. The SMILES string of the molecule is C[C@@]12OC[C@H]3OC4=C5CC=C6C[C@@H](O)CC[C@]6(C)[C@@H]5CC[C@]4(CO1)[C@H]32. The predicted octanol–water partition coefficient (Wildman–Crippen LogP) is 3.31. The first-order valence-electron chi connectivity index (χ1n) is 10.0. The van der Waals surface area contributed by atoms with E-state index in [-0.39, 0.29) is 23.0 Å². The molecule has 1 N–H and O–H groups in total. The molecule has 1 saturated carbocycles. The van der Waals surface area contributed by atoms with Crippen LogP contribution in [0.3, 0.4) is 0 Å². The molecule has 0 aromatic heterocycles. The number of aliphatic hydroxyl groups is 1. The van der Waals surface area contributed by atoms with Gasteiger partial charge in [-0.3, -0.25) is 0 Å². The molecule has 3 aliphatic heterocycles. The van der Waals surface area contributed by atoms with E-state index in [0.717, 1.165) is 38.7 Å². The van der Waals surface area contributed by atoms with Crippen LogP contribution in [0.15, 0.2) is 23.0 Å². The molecule has 0 aromatic rings. The zero-order valence-electron chi connectivity index (χ0n) is 15.2. The fourth-order valence-corrected chi connectivity index (χ4v) is 7.27. The van der Waals surface area contributed by atoms with Crippen molar-refractivity contribution in [2.24, 2.45) is 22.7 Å². The van der Waals surface area contributed by atoms with Crippen molar-refractivity contribution in [2.75, 3.05) is 13.2 Å². The molecule has 7 atom stereocenters. The lowest BCUT2D eigenvalue weighted by atomic mass is 9.53. The van der Waals surface area contributed by atoms with Crippen molar-refractivity contribution >= 4 is 0 Å². The highest BCUT2D eigenvalue weighted by atomic mass is 16.7. The van der Waals surface area contributed by atoms with E-state index in [4.69, 9.17) is 14.2 Å². The summed E-state index contributed by atoms with van der Waals surface area (Å²) < 4.78 is 18.8. The molecule has 1 spiro atoms. The molecule has 3 saturated heterocycles. The highest BCUT2D eigenvalue weighted by Gasteiger charge is 2.72. The molecule has 0 amide bonds. The maximum Gasteiger partial charge on any atom is 0.173 e. The topological polar surface area (TPSA) is 47.9 Å². The van der Waals surface area contributed by atoms with Crippen LogP contribution in [0.5, 0.6) is 0 Å². The lowest BCUT2D eigenvalue weighted by Gasteiger charge is -2.51. The standard InChI is InChI=1S/C21H28O4/c1-19-7-5-13(22)9-12(19)3-4-14-15(19)6-8-21-11-24-20(2)17(21)16(10-23-20)25-18(14)21/h3,13,15-17,22H,4-11H2,1-2H3/t13-,15+,16+,17+,19-,20+,21-/m0/s1. The highest BCUT2D eigenvalue weighted by molar-refractivity contribution is 5.40. The van der Waals surface area contributed by atoms with Gasteiger partial charge in [0.2, 0.25) is 0 Å². The number of hydrogen-bond donors (Lipinski definition) is 1. The molecule has 0 radical (unpaired) electrons. The van der Waals surface area contributed by atoms with Crippen LogP contribution >= 0.6 is 0 Å². The van der Waals surface area contributed by atoms with Crippen LogP contribution < -0.4 is 0 Å². The Morgan fingerprint density at radius 1 is 1.16 bits per heavy atom. The Hall–Kier alpha value is -0.840. The van der Waals surface area contributed by atoms with Crippen LogP contribution in [0.25, 0.3) is 0 Å². The van der Waals surface area contributed by atoms with Crippen LogP contribution in [-0.2, 0) is 14.2 Å². The average molecular weight is 344 g/mol. The van der Waals surface area contributed by atoms with Crippen molar-refractivity contribution in [2.45, 2.75) is 70.4 Å². The Morgan fingerprint density at radius 2 is 2.04 bits per heavy atom. The predicted molar refractivity (Wildman–Crippen MR) is 91.5 cm³/mol. The summed E-state index contributed by atoms with van der Waals surface area (Å²) in [6.07, 6.45) is 8.68. The van der Waals surface area contributed by atoms with Crippen molar-refractivity contribution in [3.63, 3.8) is 0 Å². The van der Waals surface area contributed by atoms with E-state index < -0.39 is 5.79 Å². The first-order valence-corrected chi connectivity index (χ1v) is 10.0. The number of hydrogen-bond acceptors (Lipinski definition) is 4. The monoisotopic (exact) mass is 344 g/mol. The van der Waals surface area contributed by atoms with Gasteiger partial charge in [-0.05, 0) is 62.4 Å². The van der Waals surface area contributed by atoms with E-state index in [0.29, 0.717) is 18.4 Å². The van der Waals surface area contributed by atoms with Crippen LogP contribution in [0.2, 0.25) is 0 Å². The quantitative estimate of drug-likeness (QED) is 0.685. The highest BCUT2D eigenvalue weighted by Crippen LogP contribution is 2.68. The fraction of sp³-hybridized carbons (Fsp3) is 0.810. The van der Waals surface area contributed by atoms with Gasteiger partial charge in [0.15, 0.2) is 5.79 Å². The number of aliphatic hydroxyl groups excluding tert-OH is 1. The van der Waals surface area contributed by atoms with Crippen molar-refractivity contribution in [3.8, 4) is 0 Å². The van der Waals surface area contributed by atoms with Gasteiger partial charge in [0, 0.05) is 0 Å². The first kappa shape index (κ1) is 15.2. The maximum atomic E-state index is 10.1. The molecule has 6 rings (SSSR count). The fourth-order valence-electron chi connectivity index (χ4n) is 7.27. The molecule has 0 unspecified atom stereocenters. The zero-order valence-corrected chi connectivity index (χ0v) is 15.2. The van der Waals surface area contributed by atoms with E-state index in [9.17, 15) is 5.11 Å². The largest absolute Gasteiger partial charge is 0.491 e. The molecule has 136 valence electrons. The summed E-state index contributed by atoms with van der Waals surface area (Å²) >= 11 is 0. The Bertz CT molecular complexity index is 711. The third kappa shape index (κ3) is 1.65. The van der Waals surface area contributed by atoms with Crippen molar-refractivity contribution in [1.29, 1.82) is 0 Å². The smallest absolute Gasteiger partial charge is 0.173 e. The van der Waals surface area contributed by atoms with Gasteiger partial charge in [-0.2, -0.15) is 0 Å². The Labute approximate surface area is 149 Å². The van der Waals surface area contributed by atoms with Crippen molar-refractivity contribution in [3.05, 3.63) is 23.0 Å². The van der Waals surface area contributed by atoms with Gasteiger partial charge < -0.3 is 19.3 Å². The molecular formula is C21H28O4. The molecule has 4 nitrogen and oxygen atoms in total. The van der Waals surface area contributed by atoms with Gasteiger partial charge >= 0.3 is 0 Å². The third-order valence-electron chi connectivity index (χ3n) is 8.52. The second-order valence-electron chi connectivity index (χ2n) is 9.60. The molecular weight excluding hydrogens is 316 g/mol. The number of rotatable bonds is 0. The van der Waals surface area contributed by atoms with Gasteiger partial charge in [-0.1, -0.05) is 18.6 Å². The zero-order chi connectivity index (χ0) is 17.0. The lowest BCUT2D eigenvalue weighted by molar-refractivity contribution is -0.181. The molecule has 25 heavy (non-hydrogen) atoms. The molecule has 0 bridgehead atoms. The molecule has 4 fully saturated rings. The Kier molecular flexibility index (Phi) is 2.76. The third-order valence-corrected chi connectivity index (χ3v) is 8.52. The van der Waals surface area contributed by atoms with Crippen LogP contribution in [0.4, 0.5) is 0 Å². The minimum Gasteiger partial charge on any atom is -0.491 e. The van der Waals surface area contributed by atoms with Gasteiger partial charge in [-0.15, -0.1) is 0 Å². The summed E-state index contributed by atoms with van der Waals surface area (Å²) in [5.74, 6) is 1.75. The summed E-state index contributed by atoms with van der Waals surface area (Å²) in [6.45, 7) is 5.95. The van der Waals surface area contributed by atoms with E-state index in [1.54, 1.807) is 0 Å². The summed E-state index contributed by atoms with van der Waals surface area (Å²) in [4.78, 5) is 0. The van der Waals surface area contributed by atoms with E-state index in [1.165, 1.54) is 23.3 Å². The van der Waals surface area contributed by atoms with E-state index in [1.807, 2.05) is 0 Å². The minimum absolute atomic E-state index is 0.0532. The summed E-state index contributed by atoms with van der Waals surface area (Å²) in [7, 11) is 0. The van der Waals surface area contributed by atoms with Gasteiger partial charge in [0.1, 0.15) is 11.9 Å². The second-order valence-corrected chi connectivity index (χ2v) is 9.60. The van der Waals surface area contributed by atoms with Crippen LogP contribution in [0.1, 0.15) is 52.4 Å². The first-order chi connectivity index (χ1) is 12.0. The molecule has 4 heteroatoms. The lowest BCUT2D eigenvalue weighted by Crippen LogP contribution is -2.44. The van der Waals surface area contributed by atoms with E-state index in [2.05, 4.69) is 19.9 Å². The van der Waals surface area contributed by atoms with Crippen molar-refractivity contribution < 1.29 is 19.3 Å². The summed E-state index contributed by atoms with van der Waals surface area (Å²) in [5.41, 5.74) is 3.29. The number of ether oxygens (including phenoxy) is 3. The van der Waals surface area contributed by atoms with Gasteiger partial charge in [0.25, 0.3) is 0 Å². The maximum absolute atomic E-state index is 10.1. The number of fused-ring (bicyclic) bond motifs is 3. The molecule has 0 aromatic carbocycles. The van der Waals surface area contributed by atoms with Crippen LogP contribution in [-0.4, -0.2) is 36.3 Å². The summed E-state index contributed by atoms with van der Waals surface area (Å²) in [5, 5.41) is 10.1. The second kappa shape index (κ2) is 4.52. The van der Waals surface area contributed by atoms with E-state index >= 15 is 0 Å². The normalized spacial score (nSPS) is 55.9. The Balaban J connectivity index is 1.47. The summed E-state index contributed by atoms with van der Waals surface area (Å²) in [6, 6.07) is 0. The molecule has 3 heterocycles. The molecule has 6 aliphatic rings. The van der Waals surface area contributed by atoms with Crippen LogP contribution in [0, 0.1) is 22.7 Å². The van der Waals surface area contributed by atoms with Gasteiger partial charge in [-0.25, -0.2) is 0 Å². The minimum atomic E-state index is -0.450. The Morgan fingerprint density at radius 3 is 2.92 bits per heavy atom. The van der Waals surface area contributed by atoms with Gasteiger partial charge in [0.05, 0.1) is 30.7 Å². The number of allylic oxidation sites excluding steroid dienone is 2. The van der Waals surface area contributed by atoms with Crippen molar-refractivity contribution in [1.82, 2.24) is 0 Å².